The van der Waals surface area contributed by atoms with Gasteiger partial charge in [-0.15, -0.1) is 0 Å². The molecular formula is C24H15ClN6O. The van der Waals surface area contributed by atoms with Crippen LogP contribution in [0.25, 0.3) is 11.1 Å². The molecule has 0 unspecified atom stereocenters. The Labute approximate surface area is 189 Å². The highest BCUT2D eigenvalue weighted by Gasteiger charge is 2.09. The number of ether oxygens (including phenoxy) is 1. The maximum absolute atomic E-state index is 8.95. The molecule has 7 nitrogen and oxygen atoms in total. The van der Waals surface area contributed by atoms with Crippen LogP contribution < -0.4 is 15.8 Å². The average Bonchev–Trinajstić information content (AvgIpc) is 2.79. The second kappa shape index (κ2) is 9.05. The standard InChI is InChI=1S/C24H15ClN6O/c25-21-11-19(9-10-20(21)17-5-1-15(13-26)2-6-17)32-23-12-22(28)30-24(31-23)29-18-7-3-16(14-27)4-8-18/h1-12H,(H3,28,29,30,31). The van der Waals surface area contributed by atoms with E-state index in [1.54, 1.807) is 48.5 Å². The average molecular weight is 439 g/mol. The summed E-state index contributed by atoms with van der Waals surface area (Å²) in [5.74, 6) is 1.21. The quantitative estimate of drug-likeness (QED) is 0.412. The van der Waals surface area contributed by atoms with Gasteiger partial charge in [0, 0.05) is 23.4 Å². The number of rotatable bonds is 5. The predicted octanol–water partition coefficient (Wildman–Crippen LogP) is 5.66. The molecule has 0 radical (unpaired) electrons. The summed E-state index contributed by atoms with van der Waals surface area (Å²) >= 11 is 6.46. The van der Waals surface area contributed by atoms with Gasteiger partial charge in [-0.05, 0) is 54.1 Å². The lowest BCUT2D eigenvalue weighted by Crippen LogP contribution is -2.02. The summed E-state index contributed by atoms with van der Waals surface area (Å²) in [6, 6.07) is 25.0. The number of hydrogen-bond donors (Lipinski definition) is 2. The first-order chi connectivity index (χ1) is 15.5. The second-order valence-corrected chi connectivity index (χ2v) is 7.11. The molecule has 8 heteroatoms. The van der Waals surface area contributed by atoms with Crippen molar-refractivity contribution in [3.63, 3.8) is 0 Å². The van der Waals surface area contributed by atoms with E-state index in [1.165, 1.54) is 6.07 Å². The van der Waals surface area contributed by atoms with Gasteiger partial charge in [0.2, 0.25) is 11.8 Å². The Morgan fingerprint density at radius 1 is 0.844 bits per heavy atom. The molecule has 0 atom stereocenters. The maximum Gasteiger partial charge on any atom is 0.232 e. The Hall–Kier alpha value is -4.59. The second-order valence-electron chi connectivity index (χ2n) is 6.70. The zero-order valence-corrected chi connectivity index (χ0v) is 17.3. The summed E-state index contributed by atoms with van der Waals surface area (Å²) in [7, 11) is 0. The van der Waals surface area contributed by atoms with Crippen LogP contribution in [0.15, 0.2) is 72.8 Å². The Kier molecular flexibility index (Phi) is 5.85. The minimum Gasteiger partial charge on any atom is -0.439 e. The van der Waals surface area contributed by atoms with Crippen LogP contribution in [0.4, 0.5) is 17.5 Å². The number of aromatic nitrogens is 2. The first kappa shape index (κ1) is 20.7. The van der Waals surface area contributed by atoms with Crippen molar-refractivity contribution in [1.29, 1.82) is 10.5 Å². The number of nitriles is 2. The summed E-state index contributed by atoms with van der Waals surface area (Å²) in [5.41, 5.74) is 9.44. The summed E-state index contributed by atoms with van der Waals surface area (Å²) in [6.45, 7) is 0. The molecule has 154 valence electrons. The Morgan fingerprint density at radius 2 is 1.50 bits per heavy atom. The fourth-order valence-electron chi connectivity index (χ4n) is 2.95. The topological polar surface area (TPSA) is 121 Å². The van der Waals surface area contributed by atoms with Crippen molar-refractivity contribution < 1.29 is 4.74 Å². The van der Waals surface area contributed by atoms with E-state index in [9.17, 15) is 0 Å². The predicted molar refractivity (Wildman–Crippen MR) is 123 cm³/mol. The molecule has 0 saturated heterocycles. The molecule has 3 aromatic carbocycles. The molecule has 0 amide bonds. The summed E-state index contributed by atoms with van der Waals surface area (Å²) in [6.07, 6.45) is 0. The van der Waals surface area contributed by atoms with Gasteiger partial charge < -0.3 is 15.8 Å². The molecule has 0 spiro atoms. The minimum absolute atomic E-state index is 0.228. The van der Waals surface area contributed by atoms with E-state index in [1.807, 2.05) is 18.2 Å². The van der Waals surface area contributed by atoms with Gasteiger partial charge in [0.1, 0.15) is 11.6 Å². The van der Waals surface area contributed by atoms with Gasteiger partial charge in [0.15, 0.2) is 0 Å². The molecule has 1 aromatic heterocycles. The zero-order valence-electron chi connectivity index (χ0n) is 16.6. The van der Waals surface area contributed by atoms with Gasteiger partial charge in [-0.3, -0.25) is 0 Å². The number of halogens is 1. The largest absolute Gasteiger partial charge is 0.439 e. The van der Waals surface area contributed by atoms with Crippen LogP contribution in [-0.2, 0) is 0 Å². The smallest absolute Gasteiger partial charge is 0.232 e. The summed E-state index contributed by atoms with van der Waals surface area (Å²) < 4.78 is 5.84. The van der Waals surface area contributed by atoms with Crippen molar-refractivity contribution in [2.45, 2.75) is 0 Å². The van der Waals surface area contributed by atoms with Crippen molar-refractivity contribution in [2.24, 2.45) is 0 Å². The zero-order chi connectivity index (χ0) is 22.5. The summed E-state index contributed by atoms with van der Waals surface area (Å²) in [5, 5.41) is 21.4. The molecule has 1 heterocycles. The number of nitrogens with two attached hydrogens (primary N) is 1. The van der Waals surface area contributed by atoms with E-state index in [-0.39, 0.29) is 17.6 Å². The molecule has 3 N–H and O–H groups in total. The molecule has 4 aromatic rings. The van der Waals surface area contributed by atoms with Crippen LogP contribution in [0.1, 0.15) is 11.1 Å². The van der Waals surface area contributed by atoms with E-state index >= 15 is 0 Å². The third kappa shape index (κ3) is 4.76. The lowest BCUT2D eigenvalue weighted by Gasteiger charge is -2.11. The number of nitrogens with zero attached hydrogens (tertiary/aromatic N) is 4. The SMILES string of the molecule is N#Cc1ccc(Nc2nc(N)cc(Oc3ccc(-c4ccc(C#N)cc4)c(Cl)c3)n2)cc1. The molecule has 32 heavy (non-hydrogen) atoms. The van der Waals surface area contributed by atoms with E-state index in [0.29, 0.717) is 27.6 Å². The van der Waals surface area contributed by atoms with Crippen LogP contribution >= 0.6 is 11.6 Å². The van der Waals surface area contributed by atoms with Crippen LogP contribution in [-0.4, -0.2) is 9.97 Å². The lowest BCUT2D eigenvalue weighted by molar-refractivity contribution is 0.463. The third-order valence-electron chi connectivity index (χ3n) is 4.48. The van der Waals surface area contributed by atoms with E-state index in [2.05, 4.69) is 27.4 Å². The molecule has 0 bridgehead atoms. The molecule has 0 aliphatic rings. The van der Waals surface area contributed by atoms with Gasteiger partial charge >= 0.3 is 0 Å². The molecule has 4 rings (SSSR count). The maximum atomic E-state index is 8.95. The molecule has 0 aliphatic carbocycles. The third-order valence-corrected chi connectivity index (χ3v) is 4.79. The number of nitrogen functional groups attached to an aromatic ring is 1. The first-order valence-corrected chi connectivity index (χ1v) is 9.81. The van der Waals surface area contributed by atoms with Crippen molar-refractivity contribution in [3.8, 4) is 34.9 Å². The van der Waals surface area contributed by atoms with E-state index in [4.69, 9.17) is 32.6 Å². The molecule has 0 fully saturated rings. The normalized spacial score (nSPS) is 10.1. The van der Waals surface area contributed by atoms with Crippen molar-refractivity contribution in [1.82, 2.24) is 9.97 Å². The van der Waals surface area contributed by atoms with Gasteiger partial charge in [-0.25, -0.2) is 0 Å². The van der Waals surface area contributed by atoms with Crippen LogP contribution in [0.3, 0.4) is 0 Å². The van der Waals surface area contributed by atoms with E-state index < -0.39 is 0 Å². The fourth-order valence-corrected chi connectivity index (χ4v) is 3.23. The fraction of sp³-hybridized carbons (Fsp3) is 0. The molecular weight excluding hydrogens is 424 g/mol. The Bertz CT molecular complexity index is 1360. The minimum atomic E-state index is 0.228. The van der Waals surface area contributed by atoms with Crippen LogP contribution in [0.2, 0.25) is 5.02 Å². The van der Waals surface area contributed by atoms with Crippen molar-refractivity contribution in [3.05, 3.63) is 88.9 Å². The highest BCUT2D eigenvalue weighted by atomic mass is 35.5. The first-order valence-electron chi connectivity index (χ1n) is 9.44. The number of anilines is 3. The van der Waals surface area contributed by atoms with Gasteiger partial charge in [-0.1, -0.05) is 23.7 Å². The van der Waals surface area contributed by atoms with Gasteiger partial charge in [0.05, 0.1) is 28.3 Å². The highest BCUT2D eigenvalue weighted by molar-refractivity contribution is 6.33. The van der Waals surface area contributed by atoms with Gasteiger partial charge in [0.25, 0.3) is 0 Å². The number of benzene rings is 3. The van der Waals surface area contributed by atoms with Crippen LogP contribution in [0.5, 0.6) is 11.6 Å². The summed E-state index contributed by atoms with van der Waals surface area (Å²) in [4.78, 5) is 8.49. The molecule has 0 aliphatic heterocycles. The number of hydrogen-bond acceptors (Lipinski definition) is 7. The number of nitrogens with one attached hydrogen (secondary N) is 1. The monoisotopic (exact) mass is 438 g/mol. The van der Waals surface area contributed by atoms with Gasteiger partial charge in [-0.2, -0.15) is 20.5 Å². The lowest BCUT2D eigenvalue weighted by atomic mass is 10.0. The van der Waals surface area contributed by atoms with Crippen molar-refractivity contribution >= 4 is 29.1 Å². The Morgan fingerprint density at radius 3 is 2.12 bits per heavy atom. The van der Waals surface area contributed by atoms with Crippen LogP contribution in [0, 0.1) is 22.7 Å². The van der Waals surface area contributed by atoms with Crippen molar-refractivity contribution in [2.75, 3.05) is 11.1 Å². The molecule has 0 saturated carbocycles. The highest BCUT2D eigenvalue weighted by Crippen LogP contribution is 2.33. The Balaban J connectivity index is 1.54. The van der Waals surface area contributed by atoms with E-state index in [0.717, 1.165) is 11.1 Å².